The molecule has 16 heavy (non-hydrogen) atoms. The van der Waals surface area contributed by atoms with Crippen LogP contribution in [0.15, 0.2) is 30.3 Å². The first-order chi connectivity index (χ1) is 7.38. The average molecular weight is 242 g/mol. The minimum Gasteiger partial charge on any atom is -0.381 e. The number of nitrogens with zero attached hydrogens (tertiary/aromatic N) is 1. The molecule has 1 aliphatic rings. The summed E-state index contributed by atoms with van der Waals surface area (Å²) in [7, 11) is 0. The molecule has 3 nitrogen and oxygen atoms in total. The molecule has 1 aliphatic heterocycles. The van der Waals surface area contributed by atoms with Crippen LogP contribution in [0.3, 0.4) is 0 Å². The van der Waals surface area contributed by atoms with Crippen molar-refractivity contribution in [3.05, 3.63) is 30.3 Å². The first-order valence-corrected chi connectivity index (χ1v) is 5.62. The van der Waals surface area contributed by atoms with Crippen molar-refractivity contribution in [3.8, 4) is 0 Å². The Morgan fingerprint density at radius 1 is 1.31 bits per heavy atom. The third-order valence-corrected chi connectivity index (χ3v) is 2.86. The van der Waals surface area contributed by atoms with Gasteiger partial charge in [-0.3, -0.25) is 4.90 Å². The summed E-state index contributed by atoms with van der Waals surface area (Å²) in [6, 6.07) is 11.0. The van der Waals surface area contributed by atoms with E-state index in [9.17, 15) is 0 Å². The Labute approximate surface area is 103 Å². The first kappa shape index (κ1) is 13.3. The number of hydrogen-bond acceptors (Lipinski definition) is 3. The molecule has 0 spiro atoms. The van der Waals surface area contributed by atoms with Crippen LogP contribution in [0.1, 0.15) is 6.42 Å². The smallest absolute Gasteiger partial charge is 0.0400 e. The zero-order chi connectivity index (χ0) is 10.5. The average Bonchev–Trinajstić information content (AvgIpc) is 2.68. The van der Waals surface area contributed by atoms with Crippen molar-refractivity contribution in [2.24, 2.45) is 5.73 Å². The van der Waals surface area contributed by atoms with Crippen LogP contribution >= 0.6 is 12.4 Å². The normalized spacial score (nSPS) is 20.4. The predicted octanol–water partition coefficient (Wildman–Crippen LogP) is 1.55. The van der Waals surface area contributed by atoms with Gasteiger partial charge in [0.2, 0.25) is 0 Å². The van der Waals surface area contributed by atoms with Crippen LogP contribution < -0.4 is 11.1 Å². The van der Waals surface area contributed by atoms with E-state index in [1.165, 1.54) is 18.7 Å². The summed E-state index contributed by atoms with van der Waals surface area (Å²) in [4.78, 5) is 2.42. The van der Waals surface area contributed by atoms with Gasteiger partial charge in [-0.2, -0.15) is 0 Å². The van der Waals surface area contributed by atoms with Crippen molar-refractivity contribution in [2.75, 3.05) is 31.5 Å². The topological polar surface area (TPSA) is 41.3 Å². The zero-order valence-corrected chi connectivity index (χ0v) is 10.2. The Morgan fingerprint density at radius 3 is 2.75 bits per heavy atom. The number of rotatable bonds is 4. The number of para-hydroxylation sites is 1. The lowest BCUT2D eigenvalue weighted by Gasteiger charge is -2.16. The Bertz CT molecular complexity index is 292. The van der Waals surface area contributed by atoms with E-state index in [4.69, 9.17) is 5.73 Å². The molecule has 0 saturated carbocycles. The van der Waals surface area contributed by atoms with Gasteiger partial charge in [0.1, 0.15) is 0 Å². The van der Waals surface area contributed by atoms with E-state index in [0.29, 0.717) is 6.04 Å². The molecule has 0 amide bonds. The Balaban J connectivity index is 0.00000128. The van der Waals surface area contributed by atoms with Crippen LogP contribution in [0, 0.1) is 0 Å². The molecule has 2 rings (SSSR count). The van der Waals surface area contributed by atoms with Crippen LogP contribution in [0.4, 0.5) is 5.69 Å². The lowest BCUT2D eigenvalue weighted by Crippen LogP contribution is -2.30. The second-order valence-corrected chi connectivity index (χ2v) is 4.09. The minimum atomic E-state index is 0. The lowest BCUT2D eigenvalue weighted by molar-refractivity contribution is 0.346. The summed E-state index contributed by atoms with van der Waals surface area (Å²) in [5.74, 6) is 0. The van der Waals surface area contributed by atoms with E-state index in [1.54, 1.807) is 0 Å². The van der Waals surface area contributed by atoms with Gasteiger partial charge in [0, 0.05) is 37.9 Å². The van der Waals surface area contributed by atoms with E-state index in [2.05, 4.69) is 34.5 Å². The molecule has 4 heteroatoms. The number of halogens is 1. The maximum absolute atomic E-state index is 5.54. The van der Waals surface area contributed by atoms with Gasteiger partial charge in [-0.1, -0.05) is 18.2 Å². The lowest BCUT2D eigenvalue weighted by atomic mass is 10.2. The highest BCUT2D eigenvalue weighted by Crippen LogP contribution is 2.14. The second-order valence-electron chi connectivity index (χ2n) is 4.09. The SMILES string of the molecule is Cl.NCCN1CCC(Nc2ccccc2)C1. The van der Waals surface area contributed by atoms with E-state index >= 15 is 0 Å². The Morgan fingerprint density at radius 2 is 2.06 bits per heavy atom. The van der Waals surface area contributed by atoms with Gasteiger partial charge >= 0.3 is 0 Å². The second kappa shape index (κ2) is 6.74. The summed E-state index contributed by atoms with van der Waals surface area (Å²) in [6.45, 7) is 4.07. The molecule has 1 heterocycles. The van der Waals surface area contributed by atoms with Gasteiger partial charge in [0.05, 0.1) is 0 Å². The van der Waals surface area contributed by atoms with Crippen LogP contribution in [-0.4, -0.2) is 37.1 Å². The summed E-state index contributed by atoms with van der Waals surface area (Å²) < 4.78 is 0. The van der Waals surface area contributed by atoms with Gasteiger partial charge in [-0.25, -0.2) is 0 Å². The molecule has 1 fully saturated rings. The first-order valence-electron chi connectivity index (χ1n) is 5.62. The highest BCUT2D eigenvalue weighted by atomic mass is 35.5. The largest absolute Gasteiger partial charge is 0.381 e. The molecule has 1 saturated heterocycles. The highest BCUT2D eigenvalue weighted by Gasteiger charge is 2.20. The molecular formula is C12H20ClN3. The van der Waals surface area contributed by atoms with Crippen LogP contribution in [0.25, 0.3) is 0 Å². The van der Waals surface area contributed by atoms with E-state index in [-0.39, 0.29) is 12.4 Å². The minimum absolute atomic E-state index is 0. The van der Waals surface area contributed by atoms with Crippen molar-refractivity contribution in [1.29, 1.82) is 0 Å². The molecule has 0 bridgehead atoms. The van der Waals surface area contributed by atoms with Gasteiger partial charge in [-0.05, 0) is 18.6 Å². The summed E-state index contributed by atoms with van der Waals surface area (Å²) in [5.41, 5.74) is 6.76. The number of likely N-dealkylation sites (tertiary alicyclic amines) is 1. The third-order valence-electron chi connectivity index (χ3n) is 2.86. The van der Waals surface area contributed by atoms with Crippen molar-refractivity contribution >= 4 is 18.1 Å². The van der Waals surface area contributed by atoms with E-state index < -0.39 is 0 Å². The fourth-order valence-electron chi connectivity index (χ4n) is 2.11. The van der Waals surface area contributed by atoms with Crippen LogP contribution in [-0.2, 0) is 0 Å². The maximum Gasteiger partial charge on any atom is 0.0400 e. The molecule has 0 aromatic heterocycles. The highest BCUT2D eigenvalue weighted by molar-refractivity contribution is 5.85. The predicted molar refractivity (Wildman–Crippen MR) is 71.2 cm³/mol. The molecular weight excluding hydrogens is 222 g/mol. The fraction of sp³-hybridized carbons (Fsp3) is 0.500. The number of nitrogens with two attached hydrogens (primary N) is 1. The third kappa shape index (κ3) is 3.67. The summed E-state index contributed by atoms with van der Waals surface area (Å²) in [6.07, 6.45) is 1.22. The Kier molecular flexibility index (Phi) is 5.60. The molecule has 1 atom stereocenters. The van der Waals surface area contributed by atoms with Crippen molar-refractivity contribution in [1.82, 2.24) is 4.90 Å². The van der Waals surface area contributed by atoms with Crippen molar-refractivity contribution < 1.29 is 0 Å². The summed E-state index contributed by atoms with van der Waals surface area (Å²) >= 11 is 0. The van der Waals surface area contributed by atoms with Gasteiger partial charge in [-0.15, -0.1) is 12.4 Å². The quantitative estimate of drug-likeness (QED) is 0.841. The maximum atomic E-state index is 5.54. The number of benzene rings is 1. The molecule has 90 valence electrons. The number of nitrogens with one attached hydrogen (secondary N) is 1. The molecule has 1 aromatic carbocycles. The number of anilines is 1. The fourth-order valence-corrected chi connectivity index (χ4v) is 2.11. The molecule has 1 aromatic rings. The molecule has 1 unspecified atom stereocenters. The molecule has 0 radical (unpaired) electrons. The van der Waals surface area contributed by atoms with Gasteiger partial charge in [0.25, 0.3) is 0 Å². The summed E-state index contributed by atoms with van der Waals surface area (Å²) in [5, 5.41) is 3.55. The zero-order valence-electron chi connectivity index (χ0n) is 9.43. The Hall–Kier alpha value is -0.770. The van der Waals surface area contributed by atoms with Gasteiger partial charge in [0.15, 0.2) is 0 Å². The van der Waals surface area contributed by atoms with E-state index in [0.717, 1.165) is 19.6 Å². The monoisotopic (exact) mass is 241 g/mol. The van der Waals surface area contributed by atoms with E-state index in [1.807, 2.05) is 6.07 Å². The molecule has 3 N–H and O–H groups in total. The van der Waals surface area contributed by atoms with Crippen molar-refractivity contribution in [3.63, 3.8) is 0 Å². The van der Waals surface area contributed by atoms with Crippen LogP contribution in [0.2, 0.25) is 0 Å². The van der Waals surface area contributed by atoms with Gasteiger partial charge < -0.3 is 11.1 Å². The van der Waals surface area contributed by atoms with Crippen LogP contribution in [0.5, 0.6) is 0 Å². The standard InChI is InChI=1S/C12H19N3.ClH/c13-7-9-15-8-6-12(10-15)14-11-4-2-1-3-5-11;/h1-5,12,14H,6-10,13H2;1H. The molecule has 0 aliphatic carbocycles. The van der Waals surface area contributed by atoms with Crippen molar-refractivity contribution in [2.45, 2.75) is 12.5 Å². The number of hydrogen-bond donors (Lipinski definition) is 2.